The van der Waals surface area contributed by atoms with Crippen LogP contribution in [0, 0.1) is 5.41 Å². The largest absolute Gasteiger partial charge is 0.324 e. The Morgan fingerprint density at radius 2 is 1.79 bits per heavy atom. The molecule has 1 fully saturated rings. The van der Waals surface area contributed by atoms with Crippen LogP contribution in [-0.2, 0) is 0 Å². The molecule has 1 heterocycles. The topological polar surface area (TPSA) is 29.3 Å². The first-order chi connectivity index (χ1) is 8.96. The van der Waals surface area contributed by atoms with E-state index < -0.39 is 0 Å². The van der Waals surface area contributed by atoms with Crippen LogP contribution in [-0.4, -0.2) is 24.5 Å². The summed E-state index contributed by atoms with van der Waals surface area (Å²) in [5.74, 6) is 0. The Morgan fingerprint density at radius 1 is 1.21 bits per heavy atom. The summed E-state index contributed by atoms with van der Waals surface area (Å²) in [4.78, 5) is 2.54. The van der Waals surface area contributed by atoms with Gasteiger partial charge in [-0.15, -0.1) is 0 Å². The van der Waals surface area contributed by atoms with Crippen molar-refractivity contribution in [2.75, 3.05) is 19.6 Å². The van der Waals surface area contributed by atoms with E-state index >= 15 is 0 Å². The first-order valence-corrected chi connectivity index (χ1v) is 7.57. The molecule has 0 aromatic heterocycles. The van der Waals surface area contributed by atoms with Crippen LogP contribution in [0.5, 0.6) is 0 Å². The molecule has 0 bridgehead atoms. The fraction of sp³-hybridized carbons (Fsp3) is 0.625. The third-order valence-corrected chi connectivity index (χ3v) is 4.52. The Kier molecular flexibility index (Phi) is 4.88. The number of hydrogen-bond donors (Lipinski definition) is 1. The second-order valence-electron chi connectivity index (χ2n) is 6.45. The molecule has 0 spiro atoms. The lowest BCUT2D eigenvalue weighted by Crippen LogP contribution is -2.38. The molecule has 0 aliphatic carbocycles. The predicted molar refractivity (Wildman–Crippen MR) is 82.5 cm³/mol. The van der Waals surface area contributed by atoms with Crippen LogP contribution in [0.15, 0.2) is 24.3 Å². The van der Waals surface area contributed by atoms with Gasteiger partial charge in [-0.3, -0.25) is 0 Å². The van der Waals surface area contributed by atoms with Crippen molar-refractivity contribution in [1.29, 1.82) is 0 Å². The first-order valence-electron chi connectivity index (χ1n) is 7.20. The van der Waals surface area contributed by atoms with E-state index in [4.69, 9.17) is 17.3 Å². The summed E-state index contributed by atoms with van der Waals surface area (Å²) in [5, 5.41) is 0.772. The number of piperidine rings is 1. The first kappa shape index (κ1) is 14.8. The van der Waals surface area contributed by atoms with Crippen LogP contribution < -0.4 is 5.73 Å². The summed E-state index contributed by atoms with van der Waals surface area (Å²) in [5.41, 5.74) is 7.95. The van der Waals surface area contributed by atoms with Gasteiger partial charge in [0, 0.05) is 11.1 Å². The van der Waals surface area contributed by atoms with Crippen LogP contribution in [0.3, 0.4) is 0 Å². The van der Waals surface area contributed by atoms with Gasteiger partial charge in [-0.25, -0.2) is 0 Å². The minimum Gasteiger partial charge on any atom is -0.324 e. The average Bonchev–Trinajstić information content (AvgIpc) is 2.38. The number of hydrogen-bond acceptors (Lipinski definition) is 2. The summed E-state index contributed by atoms with van der Waals surface area (Å²) >= 11 is 5.89. The van der Waals surface area contributed by atoms with Crippen molar-refractivity contribution in [3.8, 4) is 0 Å². The van der Waals surface area contributed by atoms with Crippen molar-refractivity contribution in [3.05, 3.63) is 34.9 Å². The number of nitrogens with zero attached hydrogens (tertiary/aromatic N) is 1. The van der Waals surface area contributed by atoms with Crippen LogP contribution in [0.1, 0.15) is 44.7 Å². The molecule has 1 aromatic rings. The van der Waals surface area contributed by atoms with Gasteiger partial charge >= 0.3 is 0 Å². The van der Waals surface area contributed by atoms with Gasteiger partial charge in [0.05, 0.1) is 0 Å². The summed E-state index contributed by atoms with van der Waals surface area (Å²) in [7, 11) is 0. The Labute approximate surface area is 121 Å². The number of nitrogens with two attached hydrogens (primary N) is 1. The normalized spacial score (nSPS) is 21.3. The monoisotopic (exact) mass is 280 g/mol. The van der Waals surface area contributed by atoms with E-state index in [-0.39, 0.29) is 6.04 Å². The molecule has 106 valence electrons. The van der Waals surface area contributed by atoms with Gasteiger partial charge in [0.15, 0.2) is 0 Å². The molecular weight excluding hydrogens is 256 g/mol. The van der Waals surface area contributed by atoms with Crippen molar-refractivity contribution < 1.29 is 0 Å². The van der Waals surface area contributed by atoms with Crippen molar-refractivity contribution in [2.24, 2.45) is 11.1 Å². The number of likely N-dealkylation sites (tertiary alicyclic amines) is 1. The third kappa shape index (κ3) is 4.48. The van der Waals surface area contributed by atoms with Gasteiger partial charge < -0.3 is 10.6 Å². The molecule has 3 heteroatoms. The minimum atomic E-state index is 0.118. The van der Waals surface area contributed by atoms with Crippen LogP contribution in [0.25, 0.3) is 0 Å². The minimum absolute atomic E-state index is 0.118. The molecule has 1 aromatic carbocycles. The predicted octanol–water partition coefficient (Wildman–Crippen LogP) is 3.85. The zero-order chi connectivity index (χ0) is 13.9. The molecule has 0 radical (unpaired) electrons. The van der Waals surface area contributed by atoms with Crippen molar-refractivity contribution in [3.63, 3.8) is 0 Å². The average molecular weight is 281 g/mol. The summed E-state index contributed by atoms with van der Waals surface area (Å²) in [6.07, 6.45) is 3.61. The van der Waals surface area contributed by atoms with E-state index in [2.05, 4.69) is 18.7 Å². The lowest BCUT2D eigenvalue weighted by atomic mass is 9.82. The van der Waals surface area contributed by atoms with Gasteiger partial charge in [-0.1, -0.05) is 37.6 Å². The third-order valence-electron chi connectivity index (χ3n) is 4.26. The number of halogens is 1. The molecule has 1 aliphatic heterocycles. The molecule has 1 atom stereocenters. The van der Waals surface area contributed by atoms with E-state index in [1.807, 2.05) is 24.3 Å². The second-order valence-corrected chi connectivity index (χ2v) is 6.89. The maximum Gasteiger partial charge on any atom is 0.0406 e. The highest BCUT2D eigenvalue weighted by Crippen LogP contribution is 2.30. The molecular formula is C16H25ClN2. The zero-order valence-corrected chi connectivity index (χ0v) is 12.8. The lowest BCUT2D eigenvalue weighted by Gasteiger charge is -2.37. The Bertz CT molecular complexity index is 390. The fourth-order valence-electron chi connectivity index (χ4n) is 2.58. The number of benzene rings is 1. The molecule has 2 N–H and O–H groups in total. The molecule has 1 saturated heterocycles. The van der Waals surface area contributed by atoms with Gasteiger partial charge in [0.2, 0.25) is 0 Å². The Balaban J connectivity index is 1.78. The van der Waals surface area contributed by atoms with E-state index in [9.17, 15) is 0 Å². The Morgan fingerprint density at radius 3 is 2.37 bits per heavy atom. The molecule has 0 amide bonds. The maximum absolute atomic E-state index is 6.25. The van der Waals surface area contributed by atoms with Crippen LogP contribution in [0.4, 0.5) is 0 Å². The summed E-state index contributed by atoms with van der Waals surface area (Å²) in [6.45, 7) is 8.24. The van der Waals surface area contributed by atoms with Crippen LogP contribution >= 0.6 is 11.6 Å². The lowest BCUT2D eigenvalue weighted by molar-refractivity contribution is 0.129. The summed E-state index contributed by atoms with van der Waals surface area (Å²) in [6, 6.07) is 8.02. The van der Waals surface area contributed by atoms with E-state index in [0.717, 1.165) is 18.0 Å². The molecule has 1 aliphatic rings. The van der Waals surface area contributed by atoms with Crippen LogP contribution in [0.2, 0.25) is 5.02 Å². The Hall–Kier alpha value is -0.570. The standard InChI is InChI=1S/C16H25ClN2/c1-16(2)8-11-19(12-9-16)10-7-15(18)13-3-5-14(17)6-4-13/h3-6,15H,7-12,18H2,1-2H3. The molecule has 19 heavy (non-hydrogen) atoms. The SMILES string of the molecule is CC1(C)CCN(CCC(N)c2ccc(Cl)cc2)CC1. The van der Waals surface area contributed by atoms with E-state index in [0.29, 0.717) is 5.41 Å². The summed E-state index contributed by atoms with van der Waals surface area (Å²) < 4.78 is 0. The van der Waals surface area contributed by atoms with Gasteiger partial charge in [0.25, 0.3) is 0 Å². The zero-order valence-electron chi connectivity index (χ0n) is 12.0. The molecule has 2 rings (SSSR count). The van der Waals surface area contributed by atoms with Gasteiger partial charge in [-0.2, -0.15) is 0 Å². The quantitative estimate of drug-likeness (QED) is 0.908. The van der Waals surface area contributed by atoms with E-state index in [1.54, 1.807) is 0 Å². The number of rotatable bonds is 4. The molecule has 0 saturated carbocycles. The highest BCUT2D eigenvalue weighted by molar-refractivity contribution is 6.30. The molecule has 1 unspecified atom stereocenters. The maximum atomic E-state index is 6.25. The van der Waals surface area contributed by atoms with Crippen molar-refractivity contribution in [1.82, 2.24) is 4.90 Å². The smallest absolute Gasteiger partial charge is 0.0406 e. The van der Waals surface area contributed by atoms with Gasteiger partial charge in [0.1, 0.15) is 0 Å². The van der Waals surface area contributed by atoms with Gasteiger partial charge in [-0.05, 0) is 62.0 Å². The van der Waals surface area contributed by atoms with Crippen molar-refractivity contribution >= 4 is 11.6 Å². The fourth-order valence-corrected chi connectivity index (χ4v) is 2.71. The van der Waals surface area contributed by atoms with Crippen molar-refractivity contribution in [2.45, 2.75) is 39.2 Å². The molecule has 2 nitrogen and oxygen atoms in total. The highest BCUT2D eigenvalue weighted by Gasteiger charge is 2.25. The second kappa shape index (κ2) is 6.25. The highest BCUT2D eigenvalue weighted by atomic mass is 35.5. The van der Waals surface area contributed by atoms with E-state index in [1.165, 1.54) is 31.5 Å².